The van der Waals surface area contributed by atoms with Crippen LogP contribution in [0.4, 0.5) is 0 Å². The van der Waals surface area contributed by atoms with Gasteiger partial charge < -0.3 is 4.74 Å². The monoisotopic (exact) mass is 269 g/mol. The molecule has 1 unspecified atom stereocenters. The average Bonchev–Trinajstić information content (AvgIpc) is 2.31. The molecular weight excluding hydrogens is 258 g/mol. The lowest BCUT2D eigenvalue weighted by Crippen LogP contribution is -2.15. The zero-order valence-corrected chi connectivity index (χ0v) is 11.4. The average molecular weight is 270 g/mol. The Balaban J connectivity index is 3.19. The van der Waals surface area contributed by atoms with Crippen molar-refractivity contribution in [3.05, 3.63) is 28.3 Å². The summed E-state index contributed by atoms with van der Waals surface area (Å²) in [6.45, 7) is 3.50. The third-order valence-corrected chi connectivity index (χ3v) is 2.79. The molecule has 1 rings (SSSR count). The van der Waals surface area contributed by atoms with Crippen molar-refractivity contribution in [2.24, 2.45) is 4.99 Å². The number of aryl methyl sites for hydroxylation is 1. The summed E-state index contributed by atoms with van der Waals surface area (Å²) < 4.78 is 5.12. The highest BCUT2D eigenvalue weighted by molar-refractivity contribution is 7.78. The van der Waals surface area contributed by atoms with Crippen molar-refractivity contribution in [3.8, 4) is 5.75 Å². The molecule has 0 aliphatic heterocycles. The van der Waals surface area contributed by atoms with E-state index in [0.29, 0.717) is 16.3 Å². The Labute approximate surface area is 110 Å². The van der Waals surface area contributed by atoms with Gasteiger partial charge in [-0.05, 0) is 43.8 Å². The number of ketones is 1. The summed E-state index contributed by atoms with van der Waals surface area (Å²) in [6.07, 6.45) is 0. The number of thiocarbonyl (C=S) groups is 1. The maximum atomic E-state index is 12.0. The molecule has 0 saturated heterocycles. The molecule has 1 aromatic carbocycles. The van der Waals surface area contributed by atoms with Gasteiger partial charge in [0, 0.05) is 5.56 Å². The number of methoxy groups -OCH3 is 1. The second kappa shape index (κ2) is 5.92. The fourth-order valence-electron chi connectivity index (χ4n) is 1.43. The number of hydrogen-bond acceptors (Lipinski definition) is 4. The van der Waals surface area contributed by atoms with Crippen LogP contribution in [0, 0.1) is 6.92 Å². The fourth-order valence-corrected chi connectivity index (χ4v) is 1.84. The molecule has 0 N–H and O–H groups in total. The van der Waals surface area contributed by atoms with Gasteiger partial charge in [0.2, 0.25) is 0 Å². The van der Waals surface area contributed by atoms with Crippen LogP contribution in [0.5, 0.6) is 5.75 Å². The molecule has 0 aliphatic rings. The van der Waals surface area contributed by atoms with E-state index in [9.17, 15) is 4.79 Å². The second-order valence-electron chi connectivity index (χ2n) is 3.56. The zero-order chi connectivity index (χ0) is 13.0. The summed E-state index contributed by atoms with van der Waals surface area (Å²) >= 11 is 10.5. The molecule has 5 heteroatoms. The minimum absolute atomic E-state index is 0.182. The van der Waals surface area contributed by atoms with E-state index in [1.807, 2.05) is 6.92 Å². The van der Waals surface area contributed by atoms with Crippen LogP contribution >= 0.6 is 23.8 Å². The van der Waals surface area contributed by atoms with Crippen LogP contribution in [0.25, 0.3) is 0 Å². The van der Waals surface area contributed by atoms with Crippen LogP contribution in [0.1, 0.15) is 22.8 Å². The fraction of sp³-hybridized carbons (Fsp3) is 0.333. The van der Waals surface area contributed by atoms with Gasteiger partial charge in [0.05, 0.1) is 17.3 Å². The zero-order valence-electron chi connectivity index (χ0n) is 9.78. The number of halogens is 1. The van der Waals surface area contributed by atoms with Gasteiger partial charge in [-0.1, -0.05) is 11.6 Å². The summed E-state index contributed by atoms with van der Waals surface area (Å²) in [4.78, 5) is 15.7. The largest absolute Gasteiger partial charge is 0.496 e. The summed E-state index contributed by atoms with van der Waals surface area (Å²) in [5.74, 6) is 0.468. The lowest BCUT2D eigenvalue weighted by Gasteiger charge is -2.10. The predicted octanol–water partition coefficient (Wildman–Crippen LogP) is 3.33. The van der Waals surface area contributed by atoms with Gasteiger partial charge >= 0.3 is 0 Å². The number of isothiocyanates is 1. The number of ether oxygens (including phenoxy) is 1. The Morgan fingerprint density at radius 3 is 2.76 bits per heavy atom. The van der Waals surface area contributed by atoms with Crippen LogP contribution in [-0.2, 0) is 0 Å². The van der Waals surface area contributed by atoms with Gasteiger partial charge in [0.25, 0.3) is 0 Å². The van der Waals surface area contributed by atoms with Crippen molar-refractivity contribution in [3.63, 3.8) is 0 Å². The Kier molecular flexibility index (Phi) is 4.82. The van der Waals surface area contributed by atoms with E-state index >= 15 is 0 Å². The molecule has 0 aliphatic carbocycles. The number of benzene rings is 1. The van der Waals surface area contributed by atoms with Gasteiger partial charge in [-0.25, -0.2) is 4.99 Å². The molecule has 0 bridgehead atoms. The van der Waals surface area contributed by atoms with Crippen LogP contribution in [-0.4, -0.2) is 24.1 Å². The lowest BCUT2D eigenvalue weighted by molar-refractivity contribution is 0.0969. The molecule has 0 spiro atoms. The molecule has 90 valence electrons. The third-order valence-electron chi connectivity index (χ3n) is 2.38. The molecule has 0 radical (unpaired) electrons. The molecule has 0 aromatic heterocycles. The number of carbonyl (C=O) groups excluding carboxylic acids is 1. The SMILES string of the molecule is COc1cc(Cl)c(C(=O)C(C)N=C=S)cc1C. The van der Waals surface area contributed by atoms with E-state index in [4.69, 9.17) is 16.3 Å². The maximum absolute atomic E-state index is 12.0. The molecule has 0 amide bonds. The number of aliphatic imine (C=N–C) groups is 1. The van der Waals surface area contributed by atoms with E-state index in [2.05, 4.69) is 22.4 Å². The van der Waals surface area contributed by atoms with Gasteiger partial charge in [-0.15, -0.1) is 0 Å². The molecule has 3 nitrogen and oxygen atoms in total. The summed E-state index contributed by atoms with van der Waals surface area (Å²) in [5.41, 5.74) is 1.27. The van der Waals surface area contributed by atoms with E-state index in [1.54, 1.807) is 26.2 Å². The standard InChI is InChI=1S/C12H12ClNO2S/c1-7-4-9(10(13)5-11(7)16-3)12(15)8(2)14-6-17/h4-5,8H,1-3H3. The molecule has 0 heterocycles. The molecule has 17 heavy (non-hydrogen) atoms. The lowest BCUT2D eigenvalue weighted by atomic mass is 10.0. The first-order valence-electron chi connectivity index (χ1n) is 4.96. The number of rotatable bonds is 4. The van der Waals surface area contributed by atoms with Crippen molar-refractivity contribution in [2.75, 3.05) is 7.11 Å². The summed E-state index contributed by atoms with van der Waals surface area (Å²) in [6, 6.07) is 2.74. The number of nitrogens with zero attached hydrogens (tertiary/aromatic N) is 1. The molecule has 0 fully saturated rings. The Morgan fingerprint density at radius 2 is 2.24 bits per heavy atom. The first-order valence-corrected chi connectivity index (χ1v) is 5.75. The Bertz CT molecular complexity index is 496. The van der Waals surface area contributed by atoms with Gasteiger partial charge in [0.1, 0.15) is 11.8 Å². The minimum atomic E-state index is -0.571. The second-order valence-corrected chi connectivity index (χ2v) is 4.15. The van der Waals surface area contributed by atoms with Crippen molar-refractivity contribution in [2.45, 2.75) is 19.9 Å². The van der Waals surface area contributed by atoms with Crippen molar-refractivity contribution >= 4 is 34.8 Å². The number of Topliss-reactive ketones (excluding diaryl/α,β-unsaturated/α-hetero) is 1. The van der Waals surface area contributed by atoms with Crippen molar-refractivity contribution in [1.29, 1.82) is 0 Å². The van der Waals surface area contributed by atoms with E-state index < -0.39 is 6.04 Å². The smallest absolute Gasteiger partial charge is 0.189 e. The summed E-state index contributed by atoms with van der Waals surface area (Å²) in [7, 11) is 1.55. The summed E-state index contributed by atoms with van der Waals surface area (Å²) in [5, 5.41) is 2.55. The van der Waals surface area contributed by atoms with Crippen LogP contribution in [0.2, 0.25) is 5.02 Å². The quantitative estimate of drug-likeness (QED) is 0.478. The minimum Gasteiger partial charge on any atom is -0.496 e. The third kappa shape index (κ3) is 3.13. The highest BCUT2D eigenvalue weighted by Gasteiger charge is 2.18. The highest BCUT2D eigenvalue weighted by Crippen LogP contribution is 2.27. The topological polar surface area (TPSA) is 38.7 Å². The van der Waals surface area contributed by atoms with Gasteiger partial charge in [0.15, 0.2) is 5.78 Å². The van der Waals surface area contributed by atoms with Gasteiger partial charge in [-0.3, -0.25) is 4.79 Å². The van der Waals surface area contributed by atoms with Crippen LogP contribution in [0.3, 0.4) is 0 Å². The molecule has 1 atom stereocenters. The number of carbonyl (C=O) groups is 1. The predicted molar refractivity (Wildman–Crippen MR) is 71.6 cm³/mol. The maximum Gasteiger partial charge on any atom is 0.189 e. The Hall–Kier alpha value is -1.22. The Morgan fingerprint density at radius 1 is 1.59 bits per heavy atom. The van der Waals surface area contributed by atoms with E-state index in [0.717, 1.165) is 5.56 Å². The van der Waals surface area contributed by atoms with Crippen molar-refractivity contribution < 1.29 is 9.53 Å². The number of hydrogen-bond donors (Lipinski definition) is 0. The van der Waals surface area contributed by atoms with Crippen molar-refractivity contribution in [1.82, 2.24) is 0 Å². The highest BCUT2D eigenvalue weighted by atomic mass is 35.5. The van der Waals surface area contributed by atoms with Crippen LogP contribution in [0.15, 0.2) is 17.1 Å². The van der Waals surface area contributed by atoms with Gasteiger partial charge in [-0.2, -0.15) is 0 Å². The normalized spacial score (nSPS) is 11.5. The first kappa shape index (κ1) is 13.8. The first-order chi connectivity index (χ1) is 8.01. The molecule has 0 saturated carbocycles. The molecule has 1 aromatic rings. The molecular formula is C12H12ClNO2S. The van der Waals surface area contributed by atoms with E-state index in [1.165, 1.54) is 0 Å². The van der Waals surface area contributed by atoms with E-state index in [-0.39, 0.29) is 5.78 Å². The van der Waals surface area contributed by atoms with Crippen LogP contribution < -0.4 is 4.74 Å².